The summed E-state index contributed by atoms with van der Waals surface area (Å²) in [4.78, 5) is 0. The Bertz CT molecular complexity index is 609. The van der Waals surface area contributed by atoms with E-state index in [9.17, 15) is 4.39 Å². The molecular formula is C19H24FNO. The average molecular weight is 301 g/mol. The summed E-state index contributed by atoms with van der Waals surface area (Å²) in [6.07, 6.45) is 0.935. The minimum Gasteiger partial charge on any atom is -0.496 e. The lowest BCUT2D eigenvalue weighted by molar-refractivity contribution is 0.391. The predicted molar refractivity (Wildman–Crippen MR) is 88.7 cm³/mol. The normalized spacial score (nSPS) is 13.7. The van der Waals surface area contributed by atoms with Gasteiger partial charge in [-0.05, 0) is 44.0 Å². The van der Waals surface area contributed by atoms with Crippen molar-refractivity contribution in [2.45, 2.75) is 39.3 Å². The fourth-order valence-electron chi connectivity index (χ4n) is 2.73. The maximum atomic E-state index is 13.1. The topological polar surface area (TPSA) is 21.3 Å². The number of benzene rings is 2. The molecule has 0 amide bonds. The average Bonchev–Trinajstić information content (AvgIpc) is 2.53. The van der Waals surface area contributed by atoms with Crippen LogP contribution in [0.3, 0.4) is 0 Å². The van der Waals surface area contributed by atoms with Crippen molar-refractivity contribution < 1.29 is 9.13 Å². The molecule has 3 heteroatoms. The third-order valence-electron chi connectivity index (χ3n) is 3.98. The molecule has 1 N–H and O–H groups in total. The van der Waals surface area contributed by atoms with E-state index >= 15 is 0 Å². The first-order valence-corrected chi connectivity index (χ1v) is 7.71. The molecule has 2 rings (SSSR count). The van der Waals surface area contributed by atoms with E-state index in [1.54, 1.807) is 7.11 Å². The van der Waals surface area contributed by atoms with Gasteiger partial charge in [0.15, 0.2) is 0 Å². The molecule has 0 heterocycles. The summed E-state index contributed by atoms with van der Waals surface area (Å²) in [5.41, 5.74) is 3.45. The van der Waals surface area contributed by atoms with Gasteiger partial charge >= 0.3 is 0 Å². The molecule has 0 fully saturated rings. The zero-order valence-electron chi connectivity index (χ0n) is 13.7. The van der Waals surface area contributed by atoms with E-state index in [4.69, 9.17) is 4.74 Å². The highest BCUT2D eigenvalue weighted by atomic mass is 19.1. The van der Waals surface area contributed by atoms with Gasteiger partial charge in [-0.25, -0.2) is 4.39 Å². The fourth-order valence-corrected chi connectivity index (χ4v) is 2.73. The Kier molecular flexibility index (Phi) is 5.56. The second-order valence-electron chi connectivity index (χ2n) is 5.65. The smallest absolute Gasteiger partial charge is 0.123 e. The molecule has 2 unspecified atom stereocenters. The molecule has 2 aromatic rings. The third kappa shape index (κ3) is 3.86. The van der Waals surface area contributed by atoms with Crippen molar-refractivity contribution in [1.82, 2.24) is 5.32 Å². The van der Waals surface area contributed by atoms with Crippen molar-refractivity contribution in [2.75, 3.05) is 7.11 Å². The Morgan fingerprint density at radius 3 is 2.41 bits per heavy atom. The van der Waals surface area contributed by atoms with Crippen LogP contribution in [0.15, 0.2) is 42.5 Å². The van der Waals surface area contributed by atoms with Gasteiger partial charge in [0.25, 0.3) is 0 Å². The van der Waals surface area contributed by atoms with Crippen LogP contribution in [0.25, 0.3) is 0 Å². The summed E-state index contributed by atoms with van der Waals surface area (Å²) in [5.74, 6) is 0.687. The summed E-state index contributed by atoms with van der Waals surface area (Å²) in [6, 6.07) is 13.2. The van der Waals surface area contributed by atoms with Crippen LogP contribution in [-0.2, 0) is 0 Å². The molecule has 2 atom stereocenters. The Labute approximate surface area is 132 Å². The van der Waals surface area contributed by atoms with Gasteiger partial charge in [0.1, 0.15) is 11.6 Å². The number of rotatable bonds is 6. The number of methoxy groups -OCH3 is 1. The van der Waals surface area contributed by atoms with Crippen molar-refractivity contribution >= 4 is 0 Å². The van der Waals surface area contributed by atoms with Crippen LogP contribution >= 0.6 is 0 Å². The zero-order valence-corrected chi connectivity index (χ0v) is 13.7. The van der Waals surface area contributed by atoms with Crippen LogP contribution in [0.2, 0.25) is 0 Å². The van der Waals surface area contributed by atoms with Crippen LogP contribution in [-0.4, -0.2) is 7.11 Å². The first-order valence-electron chi connectivity index (χ1n) is 7.71. The van der Waals surface area contributed by atoms with Crippen molar-refractivity contribution in [3.05, 3.63) is 65.0 Å². The number of halogens is 1. The molecular weight excluding hydrogens is 277 g/mol. The van der Waals surface area contributed by atoms with Crippen LogP contribution in [0.1, 0.15) is 49.0 Å². The van der Waals surface area contributed by atoms with Gasteiger partial charge in [-0.15, -0.1) is 0 Å². The summed E-state index contributed by atoms with van der Waals surface area (Å²) >= 11 is 0. The predicted octanol–water partition coefficient (Wildman–Crippen LogP) is 4.94. The molecule has 118 valence electrons. The van der Waals surface area contributed by atoms with E-state index in [0.717, 1.165) is 23.3 Å². The molecule has 0 aliphatic rings. The second-order valence-corrected chi connectivity index (χ2v) is 5.65. The number of hydrogen-bond acceptors (Lipinski definition) is 2. The lowest BCUT2D eigenvalue weighted by Crippen LogP contribution is -2.24. The lowest BCUT2D eigenvalue weighted by Gasteiger charge is -2.24. The molecule has 0 aliphatic heterocycles. The lowest BCUT2D eigenvalue weighted by atomic mass is 9.99. The quantitative estimate of drug-likeness (QED) is 0.815. The third-order valence-corrected chi connectivity index (χ3v) is 3.98. The highest BCUT2D eigenvalue weighted by Gasteiger charge is 2.17. The van der Waals surface area contributed by atoms with E-state index in [2.05, 4.69) is 32.2 Å². The van der Waals surface area contributed by atoms with Gasteiger partial charge in [-0.1, -0.05) is 36.8 Å². The summed E-state index contributed by atoms with van der Waals surface area (Å²) < 4.78 is 18.6. The molecule has 22 heavy (non-hydrogen) atoms. The Balaban J connectivity index is 2.20. The maximum Gasteiger partial charge on any atom is 0.123 e. The molecule has 0 spiro atoms. The van der Waals surface area contributed by atoms with Gasteiger partial charge in [0.2, 0.25) is 0 Å². The maximum absolute atomic E-state index is 13.1. The molecule has 0 saturated carbocycles. The Morgan fingerprint density at radius 2 is 1.82 bits per heavy atom. The monoisotopic (exact) mass is 301 g/mol. The van der Waals surface area contributed by atoms with Crippen molar-refractivity contribution in [3.63, 3.8) is 0 Å². The largest absolute Gasteiger partial charge is 0.496 e. The SMILES string of the molecule is CCC(NC(C)c1cc(C)ccc1OC)c1ccc(F)cc1. The highest BCUT2D eigenvalue weighted by Crippen LogP contribution is 2.29. The van der Waals surface area contributed by atoms with E-state index in [1.165, 1.54) is 17.7 Å². The summed E-state index contributed by atoms with van der Waals surface area (Å²) in [6.45, 7) is 6.33. The fraction of sp³-hybridized carbons (Fsp3) is 0.368. The molecule has 2 nitrogen and oxygen atoms in total. The zero-order chi connectivity index (χ0) is 16.1. The standard InChI is InChI=1S/C19H24FNO/c1-5-18(15-7-9-16(20)10-8-15)21-14(3)17-12-13(2)6-11-19(17)22-4/h6-12,14,18,21H,5H2,1-4H3. The van der Waals surface area contributed by atoms with Gasteiger partial charge in [0, 0.05) is 17.6 Å². The van der Waals surface area contributed by atoms with Crippen LogP contribution < -0.4 is 10.1 Å². The van der Waals surface area contributed by atoms with Crippen LogP contribution in [0.4, 0.5) is 4.39 Å². The molecule has 0 aliphatic carbocycles. The van der Waals surface area contributed by atoms with Crippen LogP contribution in [0.5, 0.6) is 5.75 Å². The summed E-state index contributed by atoms with van der Waals surface area (Å²) in [7, 11) is 1.69. The number of ether oxygens (including phenoxy) is 1. The van der Waals surface area contributed by atoms with Gasteiger partial charge < -0.3 is 10.1 Å². The first kappa shape index (κ1) is 16.5. The van der Waals surface area contributed by atoms with Gasteiger partial charge in [0.05, 0.1) is 7.11 Å². The molecule has 0 saturated heterocycles. The van der Waals surface area contributed by atoms with E-state index in [1.807, 2.05) is 24.3 Å². The van der Waals surface area contributed by atoms with Crippen molar-refractivity contribution in [2.24, 2.45) is 0 Å². The second kappa shape index (κ2) is 7.41. The van der Waals surface area contributed by atoms with Crippen molar-refractivity contribution in [1.29, 1.82) is 0 Å². The number of hydrogen-bond donors (Lipinski definition) is 1. The summed E-state index contributed by atoms with van der Waals surface area (Å²) in [5, 5.41) is 3.62. The van der Waals surface area contributed by atoms with E-state index < -0.39 is 0 Å². The van der Waals surface area contributed by atoms with E-state index in [-0.39, 0.29) is 17.9 Å². The van der Waals surface area contributed by atoms with Crippen LogP contribution in [0, 0.1) is 12.7 Å². The minimum absolute atomic E-state index is 0.143. The molecule has 0 radical (unpaired) electrons. The first-order chi connectivity index (χ1) is 10.5. The van der Waals surface area contributed by atoms with E-state index in [0.29, 0.717) is 0 Å². The molecule has 0 aromatic heterocycles. The minimum atomic E-state index is -0.202. The number of nitrogens with one attached hydrogen (secondary N) is 1. The molecule has 0 bridgehead atoms. The molecule has 2 aromatic carbocycles. The Morgan fingerprint density at radius 1 is 1.14 bits per heavy atom. The van der Waals surface area contributed by atoms with Crippen molar-refractivity contribution in [3.8, 4) is 5.75 Å². The van der Waals surface area contributed by atoms with Gasteiger partial charge in [-0.2, -0.15) is 0 Å². The van der Waals surface area contributed by atoms with Gasteiger partial charge in [-0.3, -0.25) is 0 Å². The number of aryl methyl sites for hydroxylation is 1. The Hall–Kier alpha value is -1.87. The highest BCUT2D eigenvalue weighted by molar-refractivity contribution is 5.39.